The molecule has 6 aromatic rings. The highest BCUT2D eigenvalue weighted by atomic mass is 32.3. The monoisotopic (exact) mass is 657 g/mol. The molecule has 0 amide bonds. The highest BCUT2D eigenvalue weighted by Crippen LogP contribution is 2.60. The van der Waals surface area contributed by atoms with E-state index in [9.17, 15) is 0 Å². The summed E-state index contributed by atoms with van der Waals surface area (Å²) >= 11 is 0. The predicted octanol–water partition coefficient (Wildman–Crippen LogP) is 12.6. The van der Waals surface area contributed by atoms with E-state index in [4.69, 9.17) is 8.39 Å². The molecule has 0 aliphatic rings. The Labute approximate surface area is 273 Å². The Kier molecular flexibility index (Phi) is 9.11. The first kappa shape index (κ1) is 32.1. The van der Waals surface area contributed by atoms with Crippen molar-refractivity contribution in [3.05, 3.63) is 96.6 Å². The van der Waals surface area contributed by atoms with E-state index in [2.05, 4.69) is 150 Å². The zero-order chi connectivity index (χ0) is 31.9. The molecule has 0 saturated carbocycles. The molecule has 0 N–H and O–H groups in total. The zero-order valence-electron chi connectivity index (χ0n) is 28.1. The fourth-order valence-electron chi connectivity index (χ4n) is 6.44. The van der Waals surface area contributed by atoms with E-state index in [1.807, 2.05) is 0 Å². The molecule has 5 aromatic carbocycles. The van der Waals surface area contributed by atoms with Gasteiger partial charge in [0.15, 0.2) is 11.2 Å². The largest absolute Gasteiger partial charge is 0.407 e. The minimum absolute atomic E-state index is 0.113. The highest BCUT2D eigenvalue weighted by Gasteiger charge is 2.29. The third-order valence-corrected chi connectivity index (χ3v) is 19.6. The van der Waals surface area contributed by atoms with Gasteiger partial charge in [-0.1, -0.05) is 107 Å². The van der Waals surface area contributed by atoms with Gasteiger partial charge in [0.25, 0.3) is 0 Å². The van der Waals surface area contributed by atoms with Gasteiger partial charge in [0.05, 0.1) is 0 Å². The summed E-state index contributed by atoms with van der Waals surface area (Å²) in [5.74, 6) is 4.42. The van der Waals surface area contributed by atoms with Crippen LogP contribution in [-0.2, 0) is 0 Å². The number of hydrogen-bond acceptors (Lipinski definition) is 3. The average molecular weight is 658 g/mol. The summed E-state index contributed by atoms with van der Waals surface area (Å²) in [6.07, 6.45) is 4.96. The summed E-state index contributed by atoms with van der Waals surface area (Å²) in [5, 5.41) is 7.42. The van der Waals surface area contributed by atoms with Crippen LogP contribution in [0.2, 0.25) is 0 Å². The lowest BCUT2D eigenvalue weighted by Crippen LogP contribution is -2.18. The number of fused-ring (bicyclic) bond motifs is 7. The summed E-state index contributed by atoms with van der Waals surface area (Å²) in [6, 6.07) is 33.5. The lowest BCUT2D eigenvalue weighted by molar-refractivity contribution is 0.606. The third-order valence-electron chi connectivity index (χ3n) is 10.2. The lowest BCUT2D eigenvalue weighted by atomic mass is 9.98. The van der Waals surface area contributed by atoms with Crippen LogP contribution >= 0.6 is 28.2 Å². The molecule has 6 rings (SSSR count). The molecule has 0 aliphatic carbocycles. The average Bonchev–Trinajstić information content (AvgIpc) is 3.28. The Morgan fingerprint density at radius 1 is 0.622 bits per heavy atom. The van der Waals surface area contributed by atoms with Gasteiger partial charge in [-0.15, -0.1) is 0 Å². The molecule has 1 aromatic heterocycles. The van der Waals surface area contributed by atoms with Gasteiger partial charge in [-0.05, 0) is 81.7 Å². The van der Waals surface area contributed by atoms with E-state index < -0.39 is 28.2 Å². The second-order valence-electron chi connectivity index (χ2n) is 12.4. The summed E-state index contributed by atoms with van der Waals surface area (Å²) in [6.45, 7) is 11.6. The molecular formula is C39H48NO2PS2. The first-order chi connectivity index (χ1) is 21.7. The Morgan fingerprint density at radius 3 is 1.44 bits per heavy atom. The van der Waals surface area contributed by atoms with Crippen LogP contribution in [0.5, 0.6) is 0 Å². The van der Waals surface area contributed by atoms with Crippen molar-refractivity contribution in [2.45, 2.75) is 50.5 Å². The Bertz CT molecular complexity index is 1910. The van der Waals surface area contributed by atoms with Crippen molar-refractivity contribution >= 4 is 71.7 Å². The van der Waals surface area contributed by atoms with Crippen LogP contribution in [0.1, 0.15) is 46.2 Å². The normalized spacial score (nSPS) is 14.1. The highest BCUT2D eigenvalue weighted by molar-refractivity contribution is 8.33. The van der Waals surface area contributed by atoms with E-state index in [0.717, 1.165) is 34.2 Å². The van der Waals surface area contributed by atoms with Crippen molar-refractivity contribution in [1.29, 1.82) is 0 Å². The molecule has 0 fully saturated rings. The standard InChI is InChI=1S/C39H48NO2PS2/c1-9-44(7,10-2)34-26-30-22-16-18-24-32(30)36-37-33-25-19-17-23-31(33)27-35(45(8,11-3)12-4)39(37)42-43(41-38(34)36)40(6)28(5)29-20-14-13-15-21-29/h13-28H,9-12H2,1-8H3/t28-/m0/s1. The molecule has 0 saturated heterocycles. The number of hydrogen-bond donors (Lipinski definition) is 0. The van der Waals surface area contributed by atoms with Crippen molar-refractivity contribution in [2.24, 2.45) is 0 Å². The van der Waals surface area contributed by atoms with Crippen LogP contribution in [0, 0.1) is 0 Å². The van der Waals surface area contributed by atoms with Crippen LogP contribution in [-0.4, -0.2) is 42.6 Å². The second-order valence-corrected chi connectivity index (χ2v) is 22.1. The molecule has 6 heteroatoms. The third kappa shape index (κ3) is 5.50. The van der Waals surface area contributed by atoms with Gasteiger partial charge in [0.1, 0.15) is 0 Å². The van der Waals surface area contributed by atoms with Crippen molar-refractivity contribution < 1.29 is 8.39 Å². The van der Waals surface area contributed by atoms with Gasteiger partial charge in [-0.2, -0.15) is 4.67 Å². The van der Waals surface area contributed by atoms with E-state index in [1.54, 1.807) is 0 Å². The van der Waals surface area contributed by atoms with Crippen molar-refractivity contribution in [3.8, 4) is 0 Å². The smallest absolute Gasteiger partial charge is 0.310 e. The molecule has 3 nitrogen and oxygen atoms in total. The van der Waals surface area contributed by atoms with E-state index in [1.165, 1.54) is 47.7 Å². The SMILES string of the molecule is CCS(C)(CC)c1cc2ccccc2c2c1op(N(C)[C@@H](C)c1ccccc1)oc1c(S(C)(CC)CC)cc3ccccc3c12. The molecule has 1 heterocycles. The van der Waals surface area contributed by atoms with Gasteiger partial charge < -0.3 is 8.39 Å². The maximum Gasteiger partial charge on any atom is 0.310 e. The molecule has 1 atom stereocenters. The number of rotatable bonds is 9. The Balaban J connectivity index is 1.92. The molecule has 45 heavy (non-hydrogen) atoms. The molecule has 0 unspecified atom stereocenters. The van der Waals surface area contributed by atoms with Crippen molar-refractivity contribution in [3.63, 3.8) is 0 Å². The van der Waals surface area contributed by atoms with Crippen molar-refractivity contribution in [1.82, 2.24) is 0 Å². The van der Waals surface area contributed by atoms with Gasteiger partial charge >= 0.3 is 8.16 Å². The number of benzene rings is 5. The predicted molar refractivity (Wildman–Crippen MR) is 206 cm³/mol. The Hall–Kier alpha value is -2.82. The molecule has 238 valence electrons. The molecule has 0 aliphatic heterocycles. The summed E-state index contributed by atoms with van der Waals surface area (Å²) in [5.41, 5.74) is 3.31. The summed E-state index contributed by atoms with van der Waals surface area (Å²) in [4.78, 5) is 2.72. The van der Waals surface area contributed by atoms with Crippen LogP contribution < -0.4 is 4.67 Å². The fourth-order valence-corrected chi connectivity index (χ4v) is 12.0. The fraction of sp³-hybridized carbons (Fsp3) is 0.333. The van der Waals surface area contributed by atoms with Gasteiger partial charge in [-0.25, -0.2) is 20.1 Å². The van der Waals surface area contributed by atoms with Crippen molar-refractivity contribution in [2.75, 3.05) is 47.2 Å². The molecule has 0 spiro atoms. The quantitative estimate of drug-likeness (QED) is 0.155. The first-order valence-corrected chi connectivity index (χ1v) is 22.1. The van der Waals surface area contributed by atoms with E-state index in [0.29, 0.717) is 0 Å². The number of nitrogens with zero attached hydrogens (tertiary/aromatic N) is 1. The molecule has 0 radical (unpaired) electrons. The molecule has 0 bridgehead atoms. The zero-order valence-corrected chi connectivity index (χ0v) is 30.6. The Morgan fingerprint density at radius 2 is 1.02 bits per heavy atom. The minimum Gasteiger partial charge on any atom is -0.407 e. The summed E-state index contributed by atoms with van der Waals surface area (Å²) < 4.78 is 17.2. The van der Waals surface area contributed by atoms with E-state index in [-0.39, 0.29) is 6.04 Å². The topological polar surface area (TPSA) is 29.5 Å². The van der Waals surface area contributed by atoms with Crippen LogP contribution in [0.25, 0.3) is 43.5 Å². The van der Waals surface area contributed by atoms with Crippen LogP contribution in [0.15, 0.2) is 109 Å². The van der Waals surface area contributed by atoms with Crippen LogP contribution in [0.4, 0.5) is 0 Å². The van der Waals surface area contributed by atoms with Gasteiger partial charge in [0.2, 0.25) is 0 Å². The first-order valence-electron chi connectivity index (χ1n) is 16.2. The second kappa shape index (κ2) is 12.8. The van der Waals surface area contributed by atoms with E-state index >= 15 is 0 Å². The minimum atomic E-state index is -1.49. The maximum atomic E-state index is 7.42. The lowest BCUT2D eigenvalue weighted by Gasteiger charge is -2.35. The van der Waals surface area contributed by atoms with Gasteiger partial charge in [0, 0.05) is 33.7 Å². The summed E-state index contributed by atoms with van der Waals surface area (Å²) in [7, 11) is -1.62. The molecular weight excluding hydrogens is 610 g/mol. The van der Waals surface area contributed by atoms with Gasteiger partial charge in [-0.3, -0.25) is 0 Å². The van der Waals surface area contributed by atoms with Crippen LogP contribution in [0.3, 0.4) is 0 Å². The maximum absolute atomic E-state index is 7.42.